The number of carbonyl (C=O) groups is 2. The summed E-state index contributed by atoms with van der Waals surface area (Å²) in [6.07, 6.45) is 0. The van der Waals surface area contributed by atoms with Gasteiger partial charge in [-0.1, -0.05) is 54.6 Å². The quantitative estimate of drug-likeness (QED) is 0.819. The number of hydrogen-bond acceptors (Lipinski definition) is 4. The van der Waals surface area contributed by atoms with Crippen molar-refractivity contribution in [3.05, 3.63) is 60.2 Å². The number of nitrogens with one attached hydrogen (secondary N) is 1. The maximum Gasteiger partial charge on any atom is 0.234 e. The van der Waals surface area contributed by atoms with Crippen LogP contribution in [0.1, 0.15) is 10.4 Å². The second-order valence-electron chi connectivity index (χ2n) is 6.03. The van der Waals surface area contributed by atoms with Crippen molar-refractivity contribution < 1.29 is 14.3 Å². The van der Waals surface area contributed by atoms with E-state index in [4.69, 9.17) is 4.74 Å². The molecule has 1 fully saturated rings. The number of nitrogens with zero attached hydrogens (tertiary/aromatic N) is 1. The number of amides is 1. The number of benzene rings is 2. The molecule has 1 saturated heterocycles. The van der Waals surface area contributed by atoms with Gasteiger partial charge in [-0.25, -0.2) is 0 Å². The van der Waals surface area contributed by atoms with E-state index >= 15 is 0 Å². The zero-order valence-corrected chi connectivity index (χ0v) is 14.1. The number of ether oxygens (including phenoxy) is 1. The lowest BCUT2D eigenvalue weighted by molar-refractivity contribution is -0.123. The molecule has 0 unspecified atom stereocenters. The van der Waals surface area contributed by atoms with Crippen molar-refractivity contribution in [2.75, 3.05) is 39.4 Å². The van der Waals surface area contributed by atoms with E-state index in [1.54, 1.807) is 12.1 Å². The van der Waals surface area contributed by atoms with Gasteiger partial charge in [0.1, 0.15) is 0 Å². The van der Waals surface area contributed by atoms with Crippen LogP contribution >= 0.6 is 0 Å². The molecule has 0 radical (unpaired) electrons. The molecule has 2 aromatic carbocycles. The summed E-state index contributed by atoms with van der Waals surface area (Å²) in [5, 5.41) is 2.70. The van der Waals surface area contributed by atoms with Gasteiger partial charge in [-0.15, -0.1) is 0 Å². The minimum Gasteiger partial charge on any atom is -0.379 e. The third-order valence-electron chi connectivity index (χ3n) is 4.23. The first-order chi connectivity index (χ1) is 12.2. The van der Waals surface area contributed by atoms with E-state index < -0.39 is 0 Å². The van der Waals surface area contributed by atoms with E-state index in [0.717, 1.165) is 24.2 Å². The van der Waals surface area contributed by atoms with E-state index in [-0.39, 0.29) is 18.2 Å². The number of rotatable bonds is 6. The third kappa shape index (κ3) is 4.98. The first-order valence-electron chi connectivity index (χ1n) is 8.48. The molecule has 5 nitrogen and oxygen atoms in total. The van der Waals surface area contributed by atoms with Gasteiger partial charge in [0, 0.05) is 18.7 Å². The Balaban J connectivity index is 1.50. The monoisotopic (exact) mass is 338 g/mol. The predicted molar refractivity (Wildman–Crippen MR) is 96.5 cm³/mol. The molecular formula is C20H22N2O3. The molecule has 0 atom stereocenters. The molecule has 0 aromatic heterocycles. The van der Waals surface area contributed by atoms with Crippen LogP contribution in [-0.2, 0) is 9.53 Å². The van der Waals surface area contributed by atoms with Gasteiger partial charge in [-0.2, -0.15) is 0 Å². The van der Waals surface area contributed by atoms with Gasteiger partial charge in [0.05, 0.1) is 26.3 Å². The molecular weight excluding hydrogens is 316 g/mol. The molecule has 0 bridgehead atoms. The first-order valence-corrected chi connectivity index (χ1v) is 8.48. The van der Waals surface area contributed by atoms with Crippen LogP contribution in [0.5, 0.6) is 0 Å². The Morgan fingerprint density at radius 3 is 2.24 bits per heavy atom. The van der Waals surface area contributed by atoms with Crippen LogP contribution in [0.15, 0.2) is 54.6 Å². The van der Waals surface area contributed by atoms with Crippen LogP contribution in [0.3, 0.4) is 0 Å². The Morgan fingerprint density at radius 1 is 0.920 bits per heavy atom. The predicted octanol–water partition coefficient (Wildman–Crippen LogP) is 1.98. The maximum absolute atomic E-state index is 12.2. The number of ketones is 1. The van der Waals surface area contributed by atoms with Gasteiger partial charge in [-0.3, -0.25) is 14.5 Å². The zero-order valence-electron chi connectivity index (χ0n) is 14.1. The molecule has 1 heterocycles. The fourth-order valence-electron chi connectivity index (χ4n) is 2.78. The summed E-state index contributed by atoms with van der Waals surface area (Å²) in [5.41, 5.74) is 2.78. The fraction of sp³-hybridized carbons (Fsp3) is 0.300. The molecule has 0 spiro atoms. The molecule has 1 N–H and O–H groups in total. The lowest BCUT2D eigenvalue weighted by Crippen LogP contribution is -2.44. The SMILES string of the molecule is O=C(CN1CCOCC1)NCC(=O)c1ccc(-c2ccccc2)cc1. The first kappa shape index (κ1) is 17.3. The van der Waals surface area contributed by atoms with Gasteiger partial charge >= 0.3 is 0 Å². The Kier molecular flexibility index (Phi) is 5.93. The molecule has 130 valence electrons. The van der Waals surface area contributed by atoms with Gasteiger partial charge in [0.2, 0.25) is 5.91 Å². The smallest absolute Gasteiger partial charge is 0.234 e. The molecule has 2 aromatic rings. The zero-order chi connectivity index (χ0) is 17.5. The molecule has 0 aliphatic carbocycles. The van der Waals surface area contributed by atoms with Crippen molar-refractivity contribution in [1.82, 2.24) is 10.2 Å². The van der Waals surface area contributed by atoms with Crippen molar-refractivity contribution in [2.45, 2.75) is 0 Å². The van der Waals surface area contributed by atoms with E-state index in [1.807, 2.05) is 47.4 Å². The Labute approximate surface area is 147 Å². The number of morpholine rings is 1. The molecule has 1 aliphatic rings. The van der Waals surface area contributed by atoms with Gasteiger partial charge in [0.15, 0.2) is 5.78 Å². The Morgan fingerprint density at radius 2 is 1.56 bits per heavy atom. The summed E-state index contributed by atoms with van der Waals surface area (Å²) in [6, 6.07) is 17.5. The van der Waals surface area contributed by atoms with E-state index in [9.17, 15) is 9.59 Å². The van der Waals surface area contributed by atoms with Crippen LogP contribution in [0, 0.1) is 0 Å². The largest absolute Gasteiger partial charge is 0.379 e. The molecule has 0 saturated carbocycles. The maximum atomic E-state index is 12.2. The van der Waals surface area contributed by atoms with Crippen molar-refractivity contribution in [3.63, 3.8) is 0 Å². The van der Waals surface area contributed by atoms with Crippen LogP contribution in [0.25, 0.3) is 11.1 Å². The van der Waals surface area contributed by atoms with Gasteiger partial charge < -0.3 is 10.1 Å². The second-order valence-corrected chi connectivity index (χ2v) is 6.03. The standard InChI is InChI=1S/C20H22N2O3/c23-19(14-21-20(24)15-22-10-12-25-13-11-22)18-8-6-17(7-9-18)16-4-2-1-3-5-16/h1-9H,10-15H2,(H,21,24). The highest BCUT2D eigenvalue weighted by atomic mass is 16.5. The summed E-state index contributed by atoms with van der Waals surface area (Å²) in [6.45, 7) is 3.14. The lowest BCUT2D eigenvalue weighted by atomic mass is 10.0. The molecule has 1 aliphatic heterocycles. The summed E-state index contributed by atoms with van der Waals surface area (Å²) < 4.78 is 5.25. The van der Waals surface area contributed by atoms with Crippen molar-refractivity contribution >= 4 is 11.7 Å². The summed E-state index contributed by atoms with van der Waals surface area (Å²) in [5.74, 6) is -0.217. The Hall–Kier alpha value is -2.50. The minimum atomic E-state index is -0.129. The van der Waals surface area contributed by atoms with Crippen LogP contribution in [-0.4, -0.2) is 56.0 Å². The molecule has 25 heavy (non-hydrogen) atoms. The van der Waals surface area contributed by atoms with Crippen molar-refractivity contribution in [2.24, 2.45) is 0 Å². The number of carbonyl (C=O) groups excluding carboxylic acids is 2. The van der Waals surface area contributed by atoms with Crippen LogP contribution in [0.2, 0.25) is 0 Å². The summed E-state index contributed by atoms with van der Waals surface area (Å²) in [7, 11) is 0. The second kappa shape index (κ2) is 8.55. The molecule has 1 amide bonds. The third-order valence-corrected chi connectivity index (χ3v) is 4.23. The van der Waals surface area contributed by atoms with Gasteiger partial charge in [0.25, 0.3) is 0 Å². The highest BCUT2D eigenvalue weighted by Crippen LogP contribution is 2.19. The highest BCUT2D eigenvalue weighted by molar-refractivity contribution is 5.99. The number of hydrogen-bond donors (Lipinski definition) is 1. The van der Waals surface area contributed by atoms with Gasteiger partial charge in [-0.05, 0) is 11.1 Å². The van der Waals surface area contributed by atoms with Crippen molar-refractivity contribution in [3.8, 4) is 11.1 Å². The number of Topliss-reactive ketones (excluding diaryl/α,β-unsaturated/α-hetero) is 1. The van der Waals surface area contributed by atoms with E-state index in [0.29, 0.717) is 25.3 Å². The van der Waals surface area contributed by atoms with E-state index in [1.165, 1.54) is 0 Å². The Bertz CT molecular complexity index is 707. The average Bonchev–Trinajstić information content (AvgIpc) is 2.68. The summed E-state index contributed by atoms with van der Waals surface area (Å²) in [4.78, 5) is 26.2. The molecule has 5 heteroatoms. The molecule has 3 rings (SSSR count). The fourth-order valence-corrected chi connectivity index (χ4v) is 2.78. The summed E-state index contributed by atoms with van der Waals surface area (Å²) >= 11 is 0. The lowest BCUT2D eigenvalue weighted by Gasteiger charge is -2.25. The highest BCUT2D eigenvalue weighted by Gasteiger charge is 2.15. The van der Waals surface area contributed by atoms with Crippen molar-refractivity contribution in [1.29, 1.82) is 0 Å². The normalized spacial score (nSPS) is 14.9. The van der Waals surface area contributed by atoms with Crippen LogP contribution < -0.4 is 5.32 Å². The topological polar surface area (TPSA) is 58.6 Å². The van der Waals surface area contributed by atoms with E-state index in [2.05, 4.69) is 5.32 Å². The van der Waals surface area contributed by atoms with Crippen LogP contribution in [0.4, 0.5) is 0 Å². The average molecular weight is 338 g/mol. The minimum absolute atomic E-state index is 0.0217.